The number of nitrogens with one attached hydrogen (secondary N) is 2. The number of hydrogen-bond donors (Lipinski definition) is 2. The van der Waals surface area contributed by atoms with Gasteiger partial charge in [0.1, 0.15) is 5.75 Å². The maximum absolute atomic E-state index is 5.38. The van der Waals surface area contributed by atoms with Gasteiger partial charge in [0.05, 0.1) is 12.6 Å². The third-order valence-corrected chi connectivity index (χ3v) is 4.17. The molecule has 102 valence electrons. The van der Waals surface area contributed by atoms with Crippen molar-refractivity contribution in [3.8, 4) is 5.75 Å². The van der Waals surface area contributed by atoms with Crippen molar-refractivity contribution in [1.29, 1.82) is 0 Å². The number of para-hydroxylation sites is 1. The number of rotatable bonds is 5. The molecule has 0 spiro atoms. The smallest absolute Gasteiger partial charge is 0.142 e. The lowest BCUT2D eigenvalue weighted by molar-refractivity contribution is 0.419. The van der Waals surface area contributed by atoms with Crippen molar-refractivity contribution in [3.63, 3.8) is 0 Å². The van der Waals surface area contributed by atoms with Gasteiger partial charge >= 0.3 is 0 Å². The zero-order chi connectivity index (χ0) is 13.1. The molecule has 1 aliphatic rings. The van der Waals surface area contributed by atoms with Gasteiger partial charge in [0.2, 0.25) is 0 Å². The van der Waals surface area contributed by atoms with Crippen LogP contribution < -0.4 is 10.1 Å². The second-order valence-corrected chi connectivity index (χ2v) is 5.38. The summed E-state index contributed by atoms with van der Waals surface area (Å²) in [5, 5.41) is 4.95. The number of hydrogen-bond acceptors (Lipinski definition) is 2. The quantitative estimate of drug-likeness (QED) is 0.863. The molecule has 1 aliphatic carbocycles. The van der Waals surface area contributed by atoms with Crippen LogP contribution in [-0.2, 0) is 6.42 Å². The molecule has 0 saturated heterocycles. The summed E-state index contributed by atoms with van der Waals surface area (Å²) < 4.78 is 5.38. The Morgan fingerprint density at radius 3 is 2.95 bits per heavy atom. The van der Waals surface area contributed by atoms with E-state index >= 15 is 0 Å². The predicted molar refractivity (Wildman–Crippen MR) is 78.8 cm³/mol. The Hall–Kier alpha value is -1.48. The molecule has 1 aromatic heterocycles. The van der Waals surface area contributed by atoms with Crippen LogP contribution >= 0.6 is 0 Å². The predicted octanol–water partition coefficient (Wildman–Crippen LogP) is 3.25. The molecule has 1 fully saturated rings. The molecule has 1 aromatic carbocycles. The average Bonchev–Trinajstić information content (AvgIpc) is 3.08. The standard InChI is InChI=1S/C16H22N2O/c1-19-15-8-4-7-14-12(11-18-16(14)15)9-10-17-13-5-2-3-6-13/h4,7-8,11,13,17-18H,2-3,5-6,9-10H2,1H3. The highest BCUT2D eigenvalue weighted by molar-refractivity contribution is 5.88. The Balaban J connectivity index is 1.67. The van der Waals surface area contributed by atoms with Crippen LogP contribution in [0.15, 0.2) is 24.4 Å². The van der Waals surface area contributed by atoms with Crippen LogP contribution in [0.25, 0.3) is 10.9 Å². The van der Waals surface area contributed by atoms with E-state index in [9.17, 15) is 0 Å². The third-order valence-electron chi connectivity index (χ3n) is 4.17. The zero-order valence-corrected chi connectivity index (χ0v) is 11.5. The lowest BCUT2D eigenvalue weighted by Crippen LogP contribution is -2.27. The number of H-pyrrole nitrogens is 1. The van der Waals surface area contributed by atoms with Crippen LogP contribution in [0.4, 0.5) is 0 Å². The largest absolute Gasteiger partial charge is 0.495 e. The molecule has 0 unspecified atom stereocenters. The normalized spacial score (nSPS) is 16.3. The molecule has 1 heterocycles. The first-order chi connectivity index (χ1) is 9.38. The van der Waals surface area contributed by atoms with E-state index in [1.807, 2.05) is 6.07 Å². The molecule has 2 N–H and O–H groups in total. The van der Waals surface area contributed by atoms with Gasteiger partial charge in [0.25, 0.3) is 0 Å². The van der Waals surface area contributed by atoms with Gasteiger partial charge in [-0.2, -0.15) is 0 Å². The van der Waals surface area contributed by atoms with E-state index in [2.05, 4.69) is 28.6 Å². The lowest BCUT2D eigenvalue weighted by atomic mass is 10.1. The molecule has 0 bridgehead atoms. The van der Waals surface area contributed by atoms with Gasteiger partial charge in [0.15, 0.2) is 0 Å². The van der Waals surface area contributed by atoms with Gasteiger partial charge in [-0.05, 0) is 37.4 Å². The van der Waals surface area contributed by atoms with Gasteiger partial charge in [-0.3, -0.25) is 0 Å². The van der Waals surface area contributed by atoms with Crippen LogP contribution in [0.1, 0.15) is 31.2 Å². The Bertz CT molecular complexity index is 541. The van der Waals surface area contributed by atoms with Crippen LogP contribution in [-0.4, -0.2) is 24.7 Å². The monoisotopic (exact) mass is 258 g/mol. The second kappa shape index (κ2) is 5.66. The van der Waals surface area contributed by atoms with Gasteiger partial charge in [-0.25, -0.2) is 0 Å². The van der Waals surface area contributed by atoms with E-state index in [4.69, 9.17) is 4.74 Å². The molecule has 3 rings (SSSR count). The van der Waals surface area contributed by atoms with Gasteiger partial charge in [0, 0.05) is 17.6 Å². The van der Waals surface area contributed by atoms with Crippen molar-refractivity contribution in [2.45, 2.75) is 38.1 Å². The van der Waals surface area contributed by atoms with Gasteiger partial charge < -0.3 is 15.0 Å². The molecule has 0 atom stereocenters. The molecular formula is C16H22N2O. The fourth-order valence-corrected chi connectivity index (χ4v) is 3.10. The number of fused-ring (bicyclic) bond motifs is 1. The maximum atomic E-state index is 5.38. The first-order valence-electron chi connectivity index (χ1n) is 7.25. The third kappa shape index (κ3) is 2.61. The van der Waals surface area contributed by atoms with E-state index in [0.29, 0.717) is 0 Å². The summed E-state index contributed by atoms with van der Waals surface area (Å²) in [6.07, 6.45) is 8.67. The molecule has 19 heavy (non-hydrogen) atoms. The SMILES string of the molecule is COc1cccc2c(CCNC3CCCC3)c[nH]c12. The molecule has 0 aliphatic heterocycles. The minimum atomic E-state index is 0.750. The summed E-state index contributed by atoms with van der Waals surface area (Å²) in [4.78, 5) is 3.33. The summed E-state index contributed by atoms with van der Waals surface area (Å²) in [5.74, 6) is 0.924. The molecule has 0 radical (unpaired) electrons. The van der Waals surface area contributed by atoms with Crippen molar-refractivity contribution >= 4 is 10.9 Å². The molecular weight excluding hydrogens is 236 g/mol. The lowest BCUT2D eigenvalue weighted by Gasteiger charge is -2.11. The highest BCUT2D eigenvalue weighted by Crippen LogP contribution is 2.27. The van der Waals surface area contributed by atoms with E-state index in [1.165, 1.54) is 36.6 Å². The number of methoxy groups -OCH3 is 1. The fourth-order valence-electron chi connectivity index (χ4n) is 3.10. The van der Waals surface area contributed by atoms with Crippen molar-refractivity contribution in [2.75, 3.05) is 13.7 Å². The molecule has 0 amide bonds. The van der Waals surface area contributed by atoms with E-state index in [0.717, 1.165) is 30.3 Å². The Morgan fingerprint density at radius 1 is 1.32 bits per heavy atom. The van der Waals surface area contributed by atoms with Crippen molar-refractivity contribution in [1.82, 2.24) is 10.3 Å². The zero-order valence-electron chi connectivity index (χ0n) is 11.5. The molecule has 3 heteroatoms. The highest BCUT2D eigenvalue weighted by atomic mass is 16.5. The summed E-state index contributed by atoms with van der Waals surface area (Å²) in [5.41, 5.74) is 2.49. The number of aromatic amines is 1. The first-order valence-corrected chi connectivity index (χ1v) is 7.25. The summed E-state index contributed by atoms with van der Waals surface area (Å²) in [7, 11) is 1.72. The molecule has 3 nitrogen and oxygen atoms in total. The van der Waals surface area contributed by atoms with E-state index < -0.39 is 0 Å². The van der Waals surface area contributed by atoms with Crippen molar-refractivity contribution in [3.05, 3.63) is 30.0 Å². The van der Waals surface area contributed by atoms with Crippen molar-refractivity contribution in [2.24, 2.45) is 0 Å². The van der Waals surface area contributed by atoms with E-state index in [1.54, 1.807) is 7.11 Å². The molecule has 1 saturated carbocycles. The van der Waals surface area contributed by atoms with Crippen LogP contribution in [0, 0.1) is 0 Å². The Kier molecular flexibility index (Phi) is 3.74. The minimum absolute atomic E-state index is 0.750. The first kappa shape index (κ1) is 12.5. The topological polar surface area (TPSA) is 37.0 Å². The second-order valence-electron chi connectivity index (χ2n) is 5.38. The Morgan fingerprint density at radius 2 is 2.16 bits per heavy atom. The summed E-state index contributed by atoms with van der Waals surface area (Å²) in [6.45, 7) is 1.06. The number of benzene rings is 1. The average molecular weight is 258 g/mol. The summed E-state index contributed by atoms with van der Waals surface area (Å²) >= 11 is 0. The highest BCUT2D eigenvalue weighted by Gasteiger charge is 2.14. The van der Waals surface area contributed by atoms with Crippen LogP contribution in [0.3, 0.4) is 0 Å². The molecule has 2 aromatic rings. The van der Waals surface area contributed by atoms with Crippen LogP contribution in [0.5, 0.6) is 5.75 Å². The Labute approximate surface area is 114 Å². The maximum Gasteiger partial charge on any atom is 0.142 e. The van der Waals surface area contributed by atoms with Gasteiger partial charge in [-0.15, -0.1) is 0 Å². The fraction of sp³-hybridized carbons (Fsp3) is 0.500. The minimum Gasteiger partial charge on any atom is -0.495 e. The number of aromatic nitrogens is 1. The summed E-state index contributed by atoms with van der Waals surface area (Å²) in [6, 6.07) is 6.97. The number of ether oxygens (including phenoxy) is 1. The van der Waals surface area contributed by atoms with Crippen LogP contribution in [0.2, 0.25) is 0 Å². The van der Waals surface area contributed by atoms with Crippen molar-refractivity contribution < 1.29 is 4.74 Å². The van der Waals surface area contributed by atoms with E-state index in [-0.39, 0.29) is 0 Å². The van der Waals surface area contributed by atoms with Gasteiger partial charge in [-0.1, -0.05) is 25.0 Å².